The summed E-state index contributed by atoms with van der Waals surface area (Å²) >= 11 is 0. The first-order valence-corrected chi connectivity index (χ1v) is 7.33. The summed E-state index contributed by atoms with van der Waals surface area (Å²) in [7, 11) is 1.84. The highest BCUT2D eigenvalue weighted by atomic mass is 15.2. The Bertz CT molecular complexity index is 396. The molecule has 1 aliphatic carbocycles. The lowest BCUT2D eigenvalue weighted by Crippen LogP contribution is -2.40. The number of nitrogens with one attached hydrogen (secondary N) is 2. The van der Waals surface area contributed by atoms with Gasteiger partial charge in [0.05, 0.1) is 0 Å². The number of benzene rings is 1. The van der Waals surface area contributed by atoms with Crippen molar-refractivity contribution in [1.82, 2.24) is 10.6 Å². The van der Waals surface area contributed by atoms with E-state index in [9.17, 15) is 0 Å². The van der Waals surface area contributed by atoms with Crippen molar-refractivity contribution in [3.05, 3.63) is 35.9 Å². The second-order valence-electron chi connectivity index (χ2n) is 5.29. The first-order valence-electron chi connectivity index (χ1n) is 7.33. The van der Waals surface area contributed by atoms with Crippen LogP contribution in [0.2, 0.25) is 0 Å². The Morgan fingerprint density at radius 3 is 2.58 bits per heavy atom. The number of hydrogen-bond donors (Lipinski definition) is 2. The van der Waals surface area contributed by atoms with E-state index in [2.05, 4.69) is 52.9 Å². The quantitative estimate of drug-likeness (QED) is 0.609. The van der Waals surface area contributed by atoms with Gasteiger partial charge in [-0.2, -0.15) is 0 Å². The van der Waals surface area contributed by atoms with Crippen LogP contribution in [0.3, 0.4) is 0 Å². The van der Waals surface area contributed by atoms with Crippen molar-refractivity contribution < 1.29 is 0 Å². The summed E-state index contributed by atoms with van der Waals surface area (Å²) in [5, 5.41) is 6.84. The van der Waals surface area contributed by atoms with E-state index < -0.39 is 0 Å². The van der Waals surface area contributed by atoms with Crippen LogP contribution in [0.5, 0.6) is 0 Å². The van der Waals surface area contributed by atoms with Crippen LogP contribution in [0.4, 0.5) is 0 Å². The minimum atomic E-state index is 0.542. The molecule has 1 aromatic rings. The van der Waals surface area contributed by atoms with Gasteiger partial charge in [-0.1, -0.05) is 37.3 Å². The van der Waals surface area contributed by atoms with E-state index in [1.54, 1.807) is 0 Å². The van der Waals surface area contributed by atoms with Crippen molar-refractivity contribution in [1.29, 1.82) is 0 Å². The summed E-state index contributed by atoms with van der Waals surface area (Å²) in [6.07, 6.45) is 3.87. The molecular weight excluding hydrogens is 234 g/mol. The maximum atomic E-state index is 4.28. The Balaban J connectivity index is 1.80. The Hall–Kier alpha value is -1.51. The Morgan fingerprint density at radius 1 is 1.26 bits per heavy atom. The summed E-state index contributed by atoms with van der Waals surface area (Å²) in [5.41, 5.74) is 1.40. The lowest BCUT2D eigenvalue weighted by atomic mass is 9.97. The van der Waals surface area contributed by atoms with E-state index in [4.69, 9.17) is 0 Å². The van der Waals surface area contributed by atoms with E-state index in [1.165, 1.54) is 18.4 Å². The number of aliphatic imine (C=N–C) groups is 1. The summed E-state index contributed by atoms with van der Waals surface area (Å²) in [6, 6.07) is 10.7. The normalized spacial score (nSPS) is 17.1. The SMILES string of the molecule is CCC(CNC(=NC)NCC1CC1)c1ccccc1. The Morgan fingerprint density at radius 2 is 2.00 bits per heavy atom. The van der Waals surface area contributed by atoms with Gasteiger partial charge in [0.2, 0.25) is 0 Å². The lowest BCUT2D eigenvalue weighted by Gasteiger charge is -2.18. The summed E-state index contributed by atoms with van der Waals surface area (Å²) in [4.78, 5) is 4.28. The average molecular weight is 259 g/mol. The van der Waals surface area contributed by atoms with Crippen LogP contribution in [-0.2, 0) is 0 Å². The van der Waals surface area contributed by atoms with Crippen LogP contribution in [0, 0.1) is 5.92 Å². The number of guanidine groups is 1. The lowest BCUT2D eigenvalue weighted by molar-refractivity contribution is 0.626. The van der Waals surface area contributed by atoms with Crippen molar-refractivity contribution >= 4 is 5.96 Å². The molecule has 104 valence electrons. The maximum Gasteiger partial charge on any atom is 0.191 e. The van der Waals surface area contributed by atoms with Gasteiger partial charge in [0, 0.05) is 26.1 Å². The summed E-state index contributed by atoms with van der Waals surface area (Å²) in [6.45, 7) is 4.23. The van der Waals surface area contributed by atoms with Crippen LogP contribution >= 0.6 is 0 Å². The zero-order chi connectivity index (χ0) is 13.5. The fraction of sp³-hybridized carbons (Fsp3) is 0.562. The van der Waals surface area contributed by atoms with Gasteiger partial charge in [0.25, 0.3) is 0 Å². The van der Waals surface area contributed by atoms with Crippen LogP contribution in [-0.4, -0.2) is 26.1 Å². The first-order chi connectivity index (χ1) is 9.33. The Kier molecular flexibility index (Phi) is 5.25. The van der Waals surface area contributed by atoms with Gasteiger partial charge in [0.1, 0.15) is 0 Å². The first kappa shape index (κ1) is 13.9. The summed E-state index contributed by atoms with van der Waals surface area (Å²) < 4.78 is 0. The summed E-state index contributed by atoms with van der Waals surface area (Å²) in [5.74, 6) is 2.34. The molecule has 1 fully saturated rings. The minimum Gasteiger partial charge on any atom is -0.356 e. The topological polar surface area (TPSA) is 36.4 Å². The predicted octanol–water partition coefficient (Wildman–Crippen LogP) is 2.76. The Labute approximate surface area is 116 Å². The highest BCUT2D eigenvalue weighted by molar-refractivity contribution is 5.79. The van der Waals surface area contributed by atoms with E-state index >= 15 is 0 Å². The minimum absolute atomic E-state index is 0.542. The fourth-order valence-corrected chi connectivity index (χ4v) is 2.23. The molecule has 0 aliphatic heterocycles. The van der Waals surface area contributed by atoms with Crippen molar-refractivity contribution in [3.63, 3.8) is 0 Å². The smallest absolute Gasteiger partial charge is 0.191 e. The van der Waals surface area contributed by atoms with E-state index in [0.29, 0.717) is 5.92 Å². The molecule has 0 amide bonds. The molecule has 0 saturated heterocycles. The van der Waals surface area contributed by atoms with Crippen molar-refractivity contribution in [2.75, 3.05) is 20.1 Å². The molecule has 0 spiro atoms. The maximum absolute atomic E-state index is 4.28. The molecule has 1 atom stereocenters. The molecule has 3 nitrogen and oxygen atoms in total. The van der Waals surface area contributed by atoms with Crippen LogP contribution in [0.25, 0.3) is 0 Å². The standard InChI is InChI=1S/C16H25N3/c1-3-14(15-7-5-4-6-8-15)12-19-16(17-2)18-11-13-9-10-13/h4-8,13-14H,3,9-12H2,1-2H3,(H2,17,18,19). The number of nitrogens with zero attached hydrogens (tertiary/aromatic N) is 1. The zero-order valence-corrected chi connectivity index (χ0v) is 12.0. The van der Waals surface area contributed by atoms with Crippen molar-refractivity contribution in [3.8, 4) is 0 Å². The predicted molar refractivity (Wildman–Crippen MR) is 81.6 cm³/mol. The molecule has 0 radical (unpaired) electrons. The van der Waals surface area contributed by atoms with E-state index in [1.807, 2.05) is 7.05 Å². The third-order valence-electron chi connectivity index (χ3n) is 3.76. The van der Waals surface area contributed by atoms with Gasteiger partial charge in [-0.25, -0.2) is 0 Å². The van der Waals surface area contributed by atoms with Gasteiger partial charge in [0.15, 0.2) is 5.96 Å². The highest BCUT2D eigenvalue weighted by Gasteiger charge is 2.21. The van der Waals surface area contributed by atoms with Crippen LogP contribution in [0.1, 0.15) is 37.7 Å². The van der Waals surface area contributed by atoms with Crippen LogP contribution < -0.4 is 10.6 Å². The molecule has 1 aromatic carbocycles. The van der Waals surface area contributed by atoms with E-state index in [0.717, 1.165) is 31.4 Å². The fourth-order valence-electron chi connectivity index (χ4n) is 2.23. The van der Waals surface area contributed by atoms with Gasteiger partial charge < -0.3 is 10.6 Å². The average Bonchev–Trinajstić information content (AvgIpc) is 3.28. The highest BCUT2D eigenvalue weighted by Crippen LogP contribution is 2.27. The second kappa shape index (κ2) is 7.17. The molecule has 2 rings (SSSR count). The molecule has 1 saturated carbocycles. The molecule has 19 heavy (non-hydrogen) atoms. The molecule has 3 heteroatoms. The van der Waals surface area contributed by atoms with Crippen LogP contribution in [0.15, 0.2) is 35.3 Å². The molecule has 0 aromatic heterocycles. The molecule has 0 bridgehead atoms. The number of rotatable bonds is 6. The third kappa shape index (κ3) is 4.58. The van der Waals surface area contributed by atoms with Gasteiger partial charge >= 0.3 is 0 Å². The second-order valence-corrected chi connectivity index (χ2v) is 5.29. The van der Waals surface area contributed by atoms with Crippen molar-refractivity contribution in [2.45, 2.75) is 32.1 Å². The number of hydrogen-bond acceptors (Lipinski definition) is 1. The van der Waals surface area contributed by atoms with Gasteiger partial charge in [-0.15, -0.1) is 0 Å². The van der Waals surface area contributed by atoms with E-state index in [-0.39, 0.29) is 0 Å². The van der Waals surface area contributed by atoms with Gasteiger partial charge in [-0.05, 0) is 30.7 Å². The molecular formula is C16H25N3. The monoisotopic (exact) mass is 259 g/mol. The largest absolute Gasteiger partial charge is 0.356 e. The zero-order valence-electron chi connectivity index (χ0n) is 12.0. The molecule has 2 N–H and O–H groups in total. The molecule has 1 aliphatic rings. The third-order valence-corrected chi connectivity index (χ3v) is 3.76. The molecule has 1 unspecified atom stereocenters. The van der Waals surface area contributed by atoms with Gasteiger partial charge in [-0.3, -0.25) is 4.99 Å². The molecule has 0 heterocycles. The van der Waals surface area contributed by atoms with Crippen molar-refractivity contribution in [2.24, 2.45) is 10.9 Å².